The summed E-state index contributed by atoms with van der Waals surface area (Å²) in [6.07, 6.45) is -0.115. The molecule has 1 unspecified atom stereocenters. The standard InChI is InChI=1S/C22H32N4O3/c1-15(2)12-25-10-11-28-18(13-25)14-29-22(27)21-23-17(5)26(24-21)20-9-7-6-8-19(20)16(3)4/h6-9,15-16,18H,10-14H2,1-5H3. The van der Waals surface area contributed by atoms with E-state index in [0.29, 0.717) is 24.3 Å². The van der Waals surface area contributed by atoms with Gasteiger partial charge >= 0.3 is 5.97 Å². The summed E-state index contributed by atoms with van der Waals surface area (Å²) in [7, 11) is 0. The van der Waals surface area contributed by atoms with Gasteiger partial charge in [-0.2, -0.15) is 0 Å². The van der Waals surface area contributed by atoms with E-state index in [1.807, 2.05) is 25.1 Å². The molecule has 1 aliphatic heterocycles. The number of benzene rings is 1. The Balaban J connectivity index is 1.65. The predicted octanol–water partition coefficient (Wildman–Crippen LogP) is 3.21. The first-order chi connectivity index (χ1) is 13.8. The molecule has 1 fully saturated rings. The Morgan fingerprint density at radius 3 is 2.76 bits per heavy atom. The van der Waals surface area contributed by atoms with Crippen LogP contribution < -0.4 is 0 Å². The summed E-state index contributed by atoms with van der Waals surface area (Å²) >= 11 is 0. The van der Waals surface area contributed by atoms with Gasteiger partial charge in [0, 0.05) is 19.6 Å². The van der Waals surface area contributed by atoms with Crippen LogP contribution in [0.5, 0.6) is 0 Å². The third-order valence-corrected chi connectivity index (χ3v) is 4.99. The van der Waals surface area contributed by atoms with Crippen molar-refractivity contribution in [3.8, 4) is 5.69 Å². The number of ether oxygens (including phenoxy) is 2. The van der Waals surface area contributed by atoms with Gasteiger partial charge in [-0.05, 0) is 30.4 Å². The molecule has 1 saturated heterocycles. The second-order valence-corrected chi connectivity index (χ2v) is 8.35. The van der Waals surface area contributed by atoms with Crippen molar-refractivity contribution in [2.75, 3.05) is 32.8 Å². The average molecular weight is 401 g/mol. The molecule has 1 aromatic heterocycles. The Hall–Kier alpha value is -2.25. The van der Waals surface area contributed by atoms with Gasteiger partial charge in [0.2, 0.25) is 0 Å². The van der Waals surface area contributed by atoms with Crippen LogP contribution in [0.1, 0.15) is 55.6 Å². The number of hydrogen-bond acceptors (Lipinski definition) is 6. The minimum absolute atomic E-state index is 0.0795. The second-order valence-electron chi connectivity index (χ2n) is 8.35. The third kappa shape index (κ3) is 5.42. The molecule has 1 aromatic carbocycles. The van der Waals surface area contributed by atoms with Gasteiger partial charge in [0.25, 0.3) is 5.82 Å². The number of rotatable bonds is 7. The summed E-state index contributed by atoms with van der Waals surface area (Å²) in [6, 6.07) is 8.03. The van der Waals surface area contributed by atoms with Crippen LogP contribution in [0.15, 0.2) is 24.3 Å². The predicted molar refractivity (Wildman–Crippen MR) is 111 cm³/mol. The molecule has 7 nitrogen and oxygen atoms in total. The second kappa shape index (κ2) is 9.50. The van der Waals surface area contributed by atoms with Crippen molar-refractivity contribution < 1.29 is 14.3 Å². The lowest BCUT2D eigenvalue weighted by atomic mass is 10.0. The van der Waals surface area contributed by atoms with E-state index in [1.165, 1.54) is 0 Å². The molecule has 0 N–H and O–H groups in total. The molecule has 0 amide bonds. The van der Waals surface area contributed by atoms with Crippen molar-refractivity contribution in [2.24, 2.45) is 5.92 Å². The number of esters is 1. The van der Waals surface area contributed by atoms with E-state index in [1.54, 1.807) is 4.68 Å². The third-order valence-electron chi connectivity index (χ3n) is 4.99. The van der Waals surface area contributed by atoms with Crippen molar-refractivity contribution in [3.63, 3.8) is 0 Å². The number of morpholine rings is 1. The normalized spacial score (nSPS) is 17.8. The average Bonchev–Trinajstić information content (AvgIpc) is 3.07. The van der Waals surface area contributed by atoms with Gasteiger partial charge in [0.05, 0.1) is 12.3 Å². The van der Waals surface area contributed by atoms with E-state index in [9.17, 15) is 4.79 Å². The Labute approximate surface area is 173 Å². The molecule has 1 atom stereocenters. The van der Waals surface area contributed by atoms with Crippen molar-refractivity contribution in [3.05, 3.63) is 41.5 Å². The summed E-state index contributed by atoms with van der Waals surface area (Å²) in [4.78, 5) is 19.2. The highest BCUT2D eigenvalue weighted by Crippen LogP contribution is 2.23. The van der Waals surface area contributed by atoms with Crippen LogP contribution in [0.25, 0.3) is 5.69 Å². The number of aryl methyl sites for hydroxylation is 1. The highest BCUT2D eigenvalue weighted by molar-refractivity contribution is 5.85. The van der Waals surface area contributed by atoms with E-state index < -0.39 is 5.97 Å². The van der Waals surface area contributed by atoms with Crippen molar-refractivity contribution in [1.82, 2.24) is 19.7 Å². The van der Waals surface area contributed by atoms with Gasteiger partial charge in [0.15, 0.2) is 0 Å². The molecular weight excluding hydrogens is 368 g/mol. The Morgan fingerprint density at radius 2 is 2.03 bits per heavy atom. The summed E-state index contributed by atoms with van der Waals surface area (Å²) in [6.45, 7) is 14.1. The summed E-state index contributed by atoms with van der Waals surface area (Å²) in [5, 5.41) is 4.42. The minimum atomic E-state index is -0.515. The SMILES string of the molecule is Cc1nc(C(=O)OCC2CN(CC(C)C)CCO2)nn1-c1ccccc1C(C)C. The Morgan fingerprint density at radius 1 is 1.28 bits per heavy atom. The largest absolute Gasteiger partial charge is 0.457 e. The Bertz CT molecular complexity index is 831. The molecule has 0 radical (unpaired) electrons. The van der Waals surface area contributed by atoms with Gasteiger partial charge in [-0.15, -0.1) is 5.10 Å². The minimum Gasteiger partial charge on any atom is -0.457 e. The molecule has 3 rings (SSSR count). The lowest BCUT2D eigenvalue weighted by molar-refractivity contribution is -0.0615. The van der Waals surface area contributed by atoms with Gasteiger partial charge in [-0.3, -0.25) is 4.90 Å². The van der Waals surface area contributed by atoms with Gasteiger partial charge < -0.3 is 9.47 Å². The number of hydrogen-bond donors (Lipinski definition) is 0. The first-order valence-electron chi connectivity index (χ1n) is 10.4. The highest BCUT2D eigenvalue weighted by Gasteiger charge is 2.24. The molecule has 158 valence electrons. The van der Waals surface area contributed by atoms with Crippen LogP contribution in [0, 0.1) is 12.8 Å². The zero-order valence-corrected chi connectivity index (χ0v) is 18.1. The van der Waals surface area contributed by atoms with Gasteiger partial charge in [-0.1, -0.05) is 45.9 Å². The molecule has 7 heteroatoms. The molecule has 0 bridgehead atoms. The van der Waals surface area contributed by atoms with E-state index >= 15 is 0 Å². The smallest absolute Gasteiger partial charge is 0.378 e. The fourth-order valence-electron chi connectivity index (χ4n) is 3.67. The van der Waals surface area contributed by atoms with Crippen LogP contribution in [-0.4, -0.2) is 64.6 Å². The first kappa shape index (κ1) is 21.5. The maximum Gasteiger partial charge on any atom is 0.378 e. The number of carbonyl (C=O) groups excluding carboxylic acids is 1. The summed E-state index contributed by atoms with van der Waals surface area (Å²) in [5.74, 6) is 1.15. The molecule has 1 aliphatic rings. The number of aromatic nitrogens is 3. The van der Waals surface area contributed by atoms with E-state index in [4.69, 9.17) is 9.47 Å². The van der Waals surface area contributed by atoms with Crippen molar-refractivity contribution in [1.29, 1.82) is 0 Å². The molecule has 2 heterocycles. The maximum atomic E-state index is 12.5. The molecule has 0 saturated carbocycles. The van der Waals surface area contributed by atoms with Crippen molar-refractivity contribution in [2.45, 2.75) is 46.6 Å². The van der Waals surface area contributed by atoms with Gasteiger partial charge in [0.1, 0.15) is 18.5 Å². The highest BCUT2D eigenvalue weighted by atomic mass is 16.6. The Kier molecular flexibility index (Phi) is 7.03. The molecular formula is C22H32N4O3. The van der Waals surface area contributed by atoms with E-state index in [-0.39, 0.29) is 18.5 Å². The van der Waals surface area contributed by atoms with Crippen LogP contribution in [0.4, 0.5) is 0 Å². The lowest BCUT2D eigenvalue weighted by Gasteiger charge is -2.33. The summed E-state index contributed by atoms with van der Waals surface area (Å²) in [5.41, 5.74) is 2.09. The number of nitrogens with zero attached hydrogens (tertiary/aromatic N) is 4. The van der Waals surface area contributed by atoms with Crippen LogP contribution >= 0.6 is 0 Å². The fraction of sp³-hybridized carbons (Fsp3) is 0.591. The fourth-order valence-corrected chi connectivity index (χ4v) is 3.67. The molecule has 0 spiro atoms. The van der Waals surface area contributed by atoms with E-state index in [0.717, 1.165) is 30.9 Å². The molecule has 29 heavy (non-hydrogen) atoms. The number of carbonyl (C=O) groups is 1. The monoisotopic (exact) mass is 400 g/mol. The summed E-state index contributed by atoms with van der Waals surface area (Å²) < 4.78 is 12.9. The first-order valence-corrected chi connectivity index (χ1v) is 10.4. The molecule has 0 aliphatic carbocycles. The lowest BCUT2D eigenvalue weighted by Crippen LogP contribution is -2.45. The quantitative estimate of drug-likeness (QED) is 0.665. The zero-order chi connectivity index (χ0) is 21.0. The maximum absolute atomic E-state index is 12.5. The van der Waals surface area contributed by atoms with Crippen molar-refractivity contribution >= 4 is 5.97 Å². The zero-order valence-electron chi connectivity index (χ0n) is 18.1. The number of para-hydroxylation sites is 1. The van der Waals surface area contributed by atoms with Crippen LogP contribution in [0.2, 0.25) is 0 Å². The van der Waals surface area contributed by atoms with Crippen LogP contribution in [-0.2, 0) is 9.47 Å². The van der Waals surface area contributed by atoms with Gasteiger partial charge in [-0.25, -0.2) is 14.5 Å². The van der Waals surface area contributed by atoms with E-state index in [2.05, 4.69) is 48.7 Å². The van der Waals surface area contributed by atoms with Crippen LogP contribution in [0.3, 0.4) is 0 Å². The molecule has 2 aromatic rings. The topological polar surface area (TPSA) is 69.5 Å².